The maximum absolute atomic E-state index is 11.8. The van der Waals surface area contributed by atoms with E-state index in [1.807, 2.05) is 18.2 Å². The van der Waals surface area contributed by atoms with E-state index in [4.69, 9.17) is 14.2 Å². The molecule has 8 aromatic rings. The van der Waals surface area contributed by atoms with Gasteiger partial charge in [0.2, 0.25) is 0 Å². The quantitative estimate of drug-likeness (QED) is 0.0652. The van der Waals surface area contributed by atoms with Crippen molar-refractivity contribution in [1.29, 1.82) is 0 Å². The van der Waals surface area contributed by atoms with Gasteiger partial charge >= 0.3 is 0 Å². The second kappa shape index (κ2) is 16.2. The highest BCUT2D eigenvalue weighted by Gasteiger charge is 2.49. The zero-order valence-corrected chi connectivity index (χ0v) is 35.8. The van der Waals surface area contributed by atoms with Crippen LogP contribution < -0.4 is 14.2 Å². The lowest BCUT2D eigenvalue weighted by Crippen LogP contribution is -2.17. The highest BCUT2D eigenvalue weighted by atomic mass is 16.5. The highest BCUT2D eigenvalue weighted by molar-refractivity contribution is 5.80. The first-order valence-corrected chi connectivity index (χ1v) is 21.8. The molecule has 6 atom stereocenters. The molecule has 0 saturated heterocycles. The predicted molar refractivity (Wildman–Crippen MR) is 251 cm³/mol. The highest BCUT2D eigenvalue weighted by Crippen LogP contribution is 2.63. The molecule has 3 heterocycles. The van der Waals surface area contributed by atoms with Gasteiger partial charge in [-0.2, -0.15) is 0 Å². The summed E-state index contributed by atoms with van der Waals surface area (Å²) < 4.78 is 20.8. The lowest BCUT2D eigenvalue weighted by molar-refractivity contribution is 0.212. The summed E-state index contributed by atoms with van der Waals surface area (Å²) in [5, 5.41) is 96.9. The van der Waals surface area contributed by atoms with Crippen LogP contribution in [-0.2, 0) is 0 Å². The van der Waals surface area contributed by atoms with Crippen molar-refractivity contribution >= 4 is 12.2 Å². The van der Waals surface area contributed by atoms with Crippen LogP contribution in [0.4, 0.5) is 0 Å². The van der Waals surface area contributed by atoms with Gasteiger partial charge in [0.1, 0.15) is 87.3 Å². The van der Waals surface area contributed by atoms with Crippen LogP contribution in [0.25, 0.3) is 12.2 Å². The van der Waals surface area contributed by atoms with E-state index in [1.165, 1.54) is 18.2 Å². The summed E-state index contributed by atoms with van der Waals surface area (Å²) in [6, 6.07) is 40.2. The summed E-state index contributed by atoms with van der Waals surface area (Å²) in [6.07, 6.45) is 1.48. The van der Waals surface area contributed by atoms with E-state index in [1.54, 1.807) is 127 Å². The summed E-state index contributed by atoms with van der Waals surface area (Å²) in [6.45, 7) is 0. The summed E-state index contributed by atoms with van der Waals surface area (Å²) in [7, 11) is 0. The molecular weight excluding hydrogens is 865 g/mol. The van der Waals surface area contributed by atoms with Crippen molar-refractivity contribution in [1.82, 2.24) is 0 Å². The largest absolute Gasteiger partial charge is 0.508 e. The normalized spacial score (nSPS) is 20.0. The number of rotatable bonds is 8. The molecule has 8 aromatic carbocycles. The van der Waals surface area contributed by atoms with Crippen LogP contribution in [0.1, 0.15) is 97.3 Å². The van der Waals surface area contributed by atoms with Gasteiger partial charge in [0.15, 0.2) is 0 Å². The Morgan fingerprint density at radius 2 is 0.647 bits per heavy atom. The molecule has 11 rings (SSSR count). The molecule has 0 unspecified atom stereocenters. The fourth-order valence-electron chi connectivity index (χ4n) is 10.2. The van der Waals surface area contributed by atoms with E-state index in [2.05, 4.69) is 0 Å². The van der Waals surface area contributed by atoms with Crippen molar-refractivity contribution in [3.8, 4) is 69.0 Å². The van der Waals surface area contributed by atoms with Crippen molar-refractivity contribution in [2.24, 2.45) is 0 Å². The minimum atomic E-state index is -0.818. The molecule has 9 N–H and O–H groups in total. The molecule has 3 aliphatic heterocycles. The van der Waals surface area contributed by atoms with Gasteiger partial charge in [-0.15, -0.1) is 0 Å². The van der Waals surface area contributed by atoms with Gasteiger partial charge in [0, 0.05) is 41.0 Å². The molecule has 0 aromatic heterocycles. The minimum Gasteiger partial charge on any atom is -0.508 e. The molecule has 0 bridgehead atoms. The van der Waals surface area contributed by atoms with Crippen molar-refractivity contribution in [2.75, 3.05) is 0 Å². The van der Waals surface area contributed by atoms with Gasteiger partial charge in [-0.3, -0.25) is 0 Å². The molecule has 3 aliphatic rings. The van der Waals surface area contributed by atoms with E-state index in [0.717, 1.165) is 5.56 Å². The smallest absolute Gasteiger partial charge is 0.135 e. The molecule has 0 aliphatic carbocycles. The number of fused-ring (bicyclic) bond motifs is 3. The lowest BCUT2D eigenvalue weighted by atomic mass is 9.74. The van der Waals surface area contributed by atoms with Crippen LogP contribution in [0, 0.1) is 0 Å². The van der Waals surface area contributed by atoms with Gasteiger partial charge in [-0.1, -0.05) is 60.7 Å². The average Bonchev–Trinajstić information content (AvgIpc) is 4.00. The Bertz CT molecular complexity index is 3230. The average molecular weight is 907 g/mol. The number of benzene rings is 8. The van der Waals surface area contributed by atoms with Gasteiger partial charge in [-0.05, 0) is 123 Å². The van der Waals surface area contributed by atoms with Crippen molar-refractivity contribution in [3.63, 3.8) is 0 Å². The Morgan fingerprint density at radius 1 is 0.294 bits per heavy atom. The van der Waals surface area contributed by atoms with E-state index < -0.39 is 36.1 Å². The molecule has 0 radical (unpaired) electrons. The maximum Gasteiger partial charge on any atom is 0.135 e. The Labute approximate surface area is 389 Å². The van der Waals surface area contributed by atoms with E-state index >= 15 is 0 Å². The number of phenols is 9. The predicted octanol–water partition coefficient (Wildman–Crippen LogP) is 11.0. The Hall–Kier alpha value is -8.90. The molecule has 12 heteroatoms. The molecule has 0 saturated carbocycles. The SMILES string of the molecule is Oc1ccc(C=Cc2c3c(cc4c2[C@@H](c2cc(O)cc(O)c2)[C@H](c2ccc(O)cc2)O4)O[C@H](c2ccc(O)cc2)[C@H]3c2cc(O)cc3c2[C@@H](c2cc(O)cc(O)c2)[C@H](c2ccc(O)cc2)O3)cc1. The first-order valence-electron chi connectivity index (χ1n) is 21.8. The van der Waals surface area contributed by atoms with Crippen LogP contribution in [0.3, 0.4) is 0 Å². The third-order valence-corrected chi connectivity index (χ3v) is 13.0. The van der Waals surface area contributed by atoms with E-state index in [0.29, 0.717) is 72.9 Å². The molecule has 68 heavy (non-hydrogen) atoms. The summed E-state index contributed by atoms with van der Waals surface area (Å²) in [5.74, 6) is -1.59. The second-order valence-electron chi connectivity index (χ2n) is 17.4. The molecule has 0 spiro atoms. The van der Waals surface area contributed by atoms with Crippen LogP contribution >= 0.6 is 0 Å². The van der Waals surface area contributed by atoms with E-state index in [-0.39, 0.29) is 51.7 Å². The minimum absolute atomic E-state index is 0.0373. The van der Waals surface area contributed by atoms with Gasteiger partial charge in [0.05, 0.1) is 17.8 Å². The van der Waals surface area contributed by atoms with Crippen LogP contribution in [-0.4, -0.2) is 46.0 Å². The third-order valence-electron chi connectivity index (χ3n) is 13.0. The zero-order valence-electron chi connectivity index (χ0n) is 35.8. The molecule has 0 amide bonds. The van der Waals surface area contributed by atoms with Crippen LogP contribution in [0.5, 0.6) is 69.0 Å². The zero-order chi connectivity index (χ0) is 47.0. The Balaban J connectivity index is 1.21. The fourth-order valence-corrected chi connectivity index (χ4v) is 10.2. The molecule has 0 fully saturated rings. The summed E-state index contributed by atoms with van der Waals surface area (Å²) in [4.78, 5) is 0. The van der Waals surface area contributed by atoms with Gasteiger partial charge in [-0.25, -0.2) is 0 Å². The maximum atomic E-state index is 11.8. The first kappa shape index (κ1) is 41.8. The molecule has 338 valence electrons. The Kier molecular flexibility index (Phi) is 9.96. The van der Waals surface area contributed by atoms with Crippen LogP contribution in [0.15, 0.2) is 152 Å². The number of hydrogen-bond donors (Lipinski definition) is 9. The molecule has 12 nitrogen and oxygen atoms in total. The van der Waals surface area contributed by atoms with Crippen molar-refractivity contribution < 1.29 is 60.2 Å². The standard InChI is InChI=1S/C56H42O12/c57-34-10-1-28(2-11-34)3-18-43-50-46(67-54(29-4-12-35(58)13-5-29)48(50)32-19-38(61)23-39(62)20-32)27-47-51(43)53(56(68-47)31-8-16-37(60)17-9-31)44-25-42(65)26-45-52(44)49(33-21-40(63)24-41(64)22-33)55(66-45)30-6-14-36(59)15-7-30/h1-27,48-49,53-65H/t48-,49-,53+,54+,55+,56-/m1/s1. The Morgan fingerprint density at radius 3 is 1.09 bits per heavy atom. The monoisotopic (exact) mass is 906 g/mol. The number of ether oxygens (including phenoxy) is 3. The fraction of sp³-hybridized carbons (Fsp3) is 0.107. The number of hydrogen-bond acceptors (Lipinski definition) is 12. The summed E-state index contributed by atoms with van der Waals surface area (Å²) >= 11 is 0. The topological polar surface area (TPSA) is 210 Å². The van der Waals surface area contributed by atoms with Crippen molar-refractivity contribution in [2.45, 2.75) is 36.1 Å². The lowest BCUT2D eigenvalue weighted by Gasteiger charge is -2.27. The van der Waals surface area contributed by atoms with E-state index in [9.17, 15) is 46.0 Å². The number of phenolic OH excluding ortho intramolecular Hbond substituents is 9. The van der Waals surface area contributed by atoms with Gasteiger partial charge in [0.25, 0.3) is 0 Å². The van der Waals surface area contributed by atoms with Gasteiger partial charge < -0.3 is 60.2 Å². The second-order valence-corrected chi connectivity index (χ2v) is 17.4. The number of aromatic hydroxyl groups is 9. The molecular formula is C56H42O12. The summed E-state index contributed by atoms with van der Waals surface area (Å²) in [5.41, 5.74) is 6.98. The van der Waals surface area contributed by atoms with Crippen LogP contribution in [0.2, 0.25) is 0 Å². The van der Waals surface area contributed by atoms with Crippen molar-refractivity contribution in [3.05, 3.63) is 213 Å². The first-order chi connectivity index (χ1) is 32.8. The third kappa shape index (κ3) is 7.37.